The fourth-order valence-corrected chi connectivity index (χ4v) is 4.86. The standard InChI is InChI=1S/C19H29N3O4/c1-3-20-7-9-21(10-8-20)17(23)15-14-5-6-19(26-14)13-22(11-12-25-4-2)18(24)16(15)19/h5-6,14-16H,3-4,7-13H2,1-2H3/t14-,15?,16?,19-/m0/s1. The van der Waals surface area contributed by atoms with Crippen molar-refractivity contribution in [2.24, 2.45) is 11.8 Å². The molecule has 26 heavy (non-hydrogen) atoms. The maximum Gasteiger partial charge on any atom is 0.230 e. The molecule has 0 aromatic carbocycles. The van der Waals surface area contributed by atoms with E-state index in [1.807, 2.05) is 28.9 Å². The summed E-state index contributed by atoms with van der Waals surface area (Å²) >= 11 is 0. The number of nitrogens with zero attached hydrogens (tertiary/aromatic N) is 3. The third-order valence-corrected chi connectivity index (χ3v) is 6.30. The van der Waals surface area contributed by atoms with Crippen LogP contribution in [0.2, 0.25) is 0 Å². The minimum atomic E-state index is -0.612. The van der Waals surface area contributed by atoms with E-state index in [1.165, 1.54) is 0 Å². The Morgan fingerprint density at radius 2 is 2.08 bits per heavy atom. The summed E-state index contributed by atoms with van der Waals surface area (Å²) < 4.78 is 11.6. The van der Waals surface area contributed by atoms with Gasteiger partial charge in [-0.25, -0.2) is 0 Å². The Kier molecular flexibility index (Phi) is 4.79. The molecule has 2 bridgehead atoms. The van der Waals surface area contributed by atoms with Gasteiger partial charge in [0.2, 0.25) is 11.8 Å². The quantitative estimate of drug-likeness (QED) is 0.490. The number of carbonyl (C=O) groups is 2. The van der Waals surface area contributed by atoms with Gasteiger partial charge in [-0.1, -0.05) is 19.1 Å². The SMILES string of the molecule is CCOCCN1C[C@]23C=C[C@H](O2)C(C(=O)N2CCN(CC)CC2)C3C1=O. The first kappa shape index (κ1) is 17.9. The van der Waals surface area contributed by atoms with E-state index < -0.39 is 5.60 Å². The van der Waals surface area contributed by atoms with Gasteiger partial charge < -0.3 is 24.2 Å². The second-order valence-corrected chi connectivity index (χ2v) is 7.62. The molecular formula is C19H29N3O4. The Labute approximate surface area is 154 Å². The number of fused-ring (bicyclic) bond motifs is 1. The van der Waals surface area contributed by atoms with Gasteiger partial charge in [0.1, 0.15) is 5.60 Å². The van der Waals surface area contributed by atoms with Crippen LogP contribution >= 0.6 is 0 Å². The second-order valence-electron chi connectivity index (χ2n) is 7.62. The molecule has 0 radical (unpaired) electrons. The van der Waals surface area contributed by atoms with Gasteiger partial charge >= 0.3 is 0 Å². The molecule has 4 rings (SSSR count). The van der Waals surface area contributed by atoms with E-state index in [2.05, 4.69) is 11.8 Å². The number of rotatable bonds is 6. The Morgan fingerprint density at radius 1 is 1.31 bits per heavy atom. The van der Waals surface area contributed by atoms with Gasteiger partial charge in [-0.2, -0.15) is 0 Å². The fraction of sp³-hybridized carbons (Fsp3) is 0.789. The Morgan fingerprint density at radius 3 is 2.77 bits per heavy atom. The maximum absolute atomic E-state index is 13.2. The lowest BCUT2D eigenvalue weighted by Crippen LogP contribution is -2.53. The summed E-state index contributed by atoms with van der Waals surface area (Å²) in [5, 5.41) is 0. The Balaban J connectivity index is 1.47. The maximum atomic E-state index is 13.2. The lowest BCUT2D eigenvalue weighted by Gasteiger charge is -2.37. The minimum Gasteiger partial charge on any atom is -0.380 e. The van der Waals surface area contributed by atoms with Crippen molar-refractivity contribution >= 4 is 11.8 Å². The monoisotopic (exact) mass is 363 g/mol. The summed E-state index contributed by atoms with van der Waals surface area (Å²) in [6.07, 6.45) is 3.75. The molecule has 0 aromatic heterocycles. The first-order valence-electron chi connectivity index (χ1n) is 9.84. The first-order chi connectivity index (χ1) is 12.6. The summed E-state index contributed by atoms with van der Waals surface area (Å²) in [5.41, 5.74) is -0.612. The van der Waals surface area contributed by atoms with Crippen molar-refractivity contribution in [2.75, 3.05) is 59.0 Å². The highest BCUT2D eigenvalue weighted by molar-refractivity contribution is 5.93. The van der Waals surface area contributed by atoms with Crippen LogP contribution in [0.1, 0.15) is 13.8 Å². The van der Waals surface area contributed by atoms with E-state index >= 15 is 0 Å². The molecule has 0 aromatic rings. The van der Waals surface area contributed by atoms with Gasteiger partial charge in [0.25, 0.3) is 0 Å². The topological polar surface area (TPSA) is 62.3 Å². The van der Waals surface area contributed by atoms with Crippen LogP contribution in [0, 0.1) is 11.8 Å². The van der Waals surface area contributed by atoms with Gasteiger partial charge in [-0.05, 0) is 13.5 Å². The van der Waals surface area contributed by atoms with E-state index in [1.54, 1.807) is 0 Å². The van der Waals surface area contributed by atoms with Crippen LogP contribution in [0.5, 0.6) is 0 Å². The molecule has 4 heterocycles. The predicted molar refractivity (Wildman–Crippen MR) is 95.5 cm³/mol. The lowest BCUT2D eigenvalue weighted by molar-refractivity contribution is -0.144. The smallest absolute Gasteiger partial charge is 0.230 e. The normalized spacial score (nSPS) is 36.2. The number of likely N-dealkylation sites (N-methyl/N-ethyl adjacent to an activating group) is 1. The zero-order valence-electron chi connectivity index (χ0n) is 15.7. The van der Waals surface area contributed by atoms with Crippen LogP contribution in [-0.4, -0.2) is 97.2 Å². The molecule has 0 N–H and O–H groups in total. The summed E-state index contributed by atoms with van der Waals surface area (Å²) in [5.74, 6) is -0.627. The van der Waals surface area contributed by atoms with E-state index in [0.717, 1.165) is 32.7 Å². The van der Waals surface area contributed by atoms with Crippen LogP contribution in [0.3, 0.4) is 0 Å². The summed E-state index contributed by atoms with van der Waals surface area (Å²) in [4.78, 5) is 32.4. The average molecular weight is 363 g/mol. The zero-order valence-corrected chi connectivity index (χ0v) is 15.7. The fourth-order valence-electron chi connectivity index (χ4n) is 4.86. The van der Waals surface area contributed by atoms with Crippen molar-refractivity contribution in [1.82, 2.24) is 14.7 Å². The van der Waals surface area contributed by atoms with Crippen LogP contribution in [0.25, 0.3) is 0 Å². The highest BCUT2D eigenvalue weighted by atomic mass is 16.5. The van der Waals surface area contributed by atoms with E-state index in [-0.39, 0.29) is 29.8 Å². The molecule has 4 atom stereocenters. The Bertz CT molecular complexity index is 602. The number of amides is 2. The van der Waals surface area contributed by atoms with Gasteiger partial charge in [-0.3, -0.25) is 9.59 Å². The molecule has 4 aliphatic rings. The molecule has 144 valence electrons. The third kappa shape index (κ3) is 2.77. The van der Waals surface area contributed by atoms with Crippen molar-refractivity contribution in [3.8, 4) is 0 Å². The van der Waals surface area contributed by atoms with Crippen molar-refractivity contribution in [3.05, 3.63) is 12.2 Å². The first-order valence-corrected chi connectivity index (χ1v) is 9.84. The molecule has 7 nitrogen and oxygen atoms in total. The van der Waals surface area contributed by atoms with Crippen molar-refractivity contribution in [2.45, 2.75) is 25.6 Å². The van der Waals surface area contributed by atoms with E-state index in [4.69, 9.17) is 9.47 Å². The number of ether oxygens (including phenoxy) is 2. The van der Waals surface area contributed by atoms with Crippen LogP contribution in [-0.2, 0) is 19.1 Å². The van der Waals surface area contributed by atoms with Gasteiger partial charge in [0.15, 0.2) is 0 Å². The number of likely N-dealkylation sites (tertiary alicyclic amines) is 1. The highest BCUT2D eigenvalue weighted by Gasteiger charge is 2.67. The Hall–Kier alpha value is -1.44. The lowest BCUT2D eigenvalue weighted by atomic mass is 9.76. The van der Waals surface area contributed by atoms with Crippen molar-refractivity contribution in [3.63, 3.8) is 0 Å². The third-order valence-electron chi connectivity index (χ3n) is 6.30. The molecule has 4 aliphatic heterocycles. The molecule has 0 saturated carbocycles. The molecule has 3 saturated heterocycles. The summed E-state index contributed by atoms with van der Waals surface area (Å²) in [6.45, 7) is 10.6. The van der Waals surface area contributed by atoms with Crippen LogP contribution in [0.15, 0.2) is 12.2 Å². The van der Waals surface area contributed by atoms with Gasteiger partial charge in [0.05, 0.1) is 31.1 Å². The second kappa shape index (κ2) is 6.94. The summed E-state index contributed by atoms with van der Waals surface area (Å²) in [7, 11) is 0. The largest absolute Gasteiger partial charge is 0.380 e. The number of carbonyl (C=O) groups excluding carboxylic acids is 2. The molecular weight excluding hydrogens is 334 g/mol. The predicted octanol–water partition coefficient (Wildman–Crippen LogP) is -0.0310. The van der Waals surface area contributed by atoms with Crippen molar-refractivity contribution in [1.29, 1.82) is 0 Å². The average Bonchev–Trinajstić information content (AvgIpc) is 3.30. The minimum absolute atomic E-state index is 0.0436. The summed E-state index contributed by atoms with van der Waals surface area (Å²) in [6, 6.07) is 0. The molecule has 3 fully saturated rings. The van der Waals surface area contributed by atoms with Gasteiger partial charge in [-0.15, -0.1) is 0 Å². The van der Waals surface area contributed by atoms with E-state index in [0.29, 0.717) is 26.3 Å². The molecule has 0 aliphatic carbocycles. The van der Waals surface area contributed by atoms with Crippen LogP contribution < -0.4 is 0 Å². The van der Waals surface area contributed by atoms with Crippen LogP contribution in [0.4, 0.5) is 0 Å². The molecule has 2 unspecified atom stereocenters. The molecule has 1 spiro atoms. The van der Waals surface area contributed by atoms with Gasteiger partial charge in [0, 0.05) is 39.3 Å². The number of hydrogen-bond acceptors (Lipinski definition) is 5. The van der Waals surface area contributed by atoms with E-state index in [9.17, 15) is 9.59 Å². The molecule has 2 amide bonds. The zero-order chi connectivity index (χ0) is 18.3. The van der Waals surface area contributed by atoms with Crippen molar-refractivity contribution < 1.29 is 19.1 Å². The highest BCUT2D eigenvalue weighted by Crippen LogP contribution is 2.52. The number of piperazine rings is 1. The number of hydrogen-bond donors (Lipinski definition) is 0. The molecule has 7 heteroatoms.